The van der Waals surface area contributed by atoms with Crippen LogP contribution in [0.5, 0.6) is 0 Å². The van der Waals surface area contributed by atoms with Crippen LogP contribution in [-0.2, 0) is 19.3 Å². The number of pyridine rings is 1. The Balaban J connectivity index is 1.92. The molecule has 3 rings (SSSR count). The standard InChI is InChI=1S/C18H23BN2O4S/c1-13-8-10-14(11-9-13)26(22,23)21-16-15(7-6-12-20-16)19-24-17(2,3)18(4,5)25-19/h6-12H,1-5H3,(H,20,21). The topological polar surface area (TPSA) is 77.5 Å². The maximum Gasteiger partial charge on any atom is 0.498 e. The van der Waals surface area contributed by atoms with Crippen molar-refractivity contribution in [1.82, 2.24) is 4.98 Å². The Morgan fingerprint density at radius 3 is 2.15 bits per heavy atom. The van der Waals surface area contributed by atoms with Gasteiger partial charge in [0.05, 0.1) is 16.1 Å². The summed E-state index contributed by atoms with van der Waals surface area (Å²) in [5, 5.41) is 0. The van der Waals surface area contributed by atoms with Gasteiger partial charge in [0.2, 0.25) is 0 Å². The first-order chi connectivity index (χ1) is 12.0. The Morgan fingerprint density at radius 1 is 1.00 bits per heavy atom. The predicted molar refractivity (Wildman–Crippen MR) is 102 cm³/mol. The number of benzene rings is 1. The highest BCUT2D eigenvalue weighted by Crippen LogP contribution is 2.36. The fraction of sp³-hybridized carbons (Fsp3) is 0.389. The first-order valence-corrected chi connectivity index (χ1v) is 9.90. The number of hydrogen-bond acceptors (Lipinski definition) is 5. The molecule has 0 atom stereocenters. The number of nitrogens with one attached hydrogen (secondary N) is 1. The third-order valence-corrected chi connectivity index (χ3v) is 6.26. The van der Waals surface area contributed by atoms with Gasteiger partial charge in [0, 0.05) is 11.7 Å². The molecule has 0 saturated carbocycles. The summed E-state index contributed by atoms with van der Waals surface area (Å²) in [4.78, 5) is 4.37. The second-order valence-corrected chi connectivity index (χ2v) is 9.13. The van der Waals surface area contributed by atoms with Gasteiger partial charge in [-0.1, -0.05) is 23.8 Å². The fourth-order valence-corrected chi connectivity index (χ4v) is 3.60. The highest BCUT2D eigenvalue weighted by Gasteiger charge is 2.52. The largest absolute Gasteiger partial charge is 0.498 e. The molecular weight excluding hydrogens is 351 g/mol. The highest BCUT2D eigenvalue weighted by molar-refractivity contribution is 7.92. The minimum absolute atomic E-state index is 0.175. The van der Waals surface area contributed by atoms with Gasteiger partial charge in [-0.2, -0.15) is 0 Å². The molecule has 0 unspecified atom stereocenters. The lowest BCUT2D eigenvalue weighted by Crippen LogP contribution is -2.41. The Bertz CT molecular complexity index is 895. The fourth-order valence-electron chi connectivity index (χ4n) is 2.57. The van der Waals surface area contributed by atoms with Gasteiger partial charge < -0.3 is 9.31 Å². The van der Waals surface area contributed by atoms with E-state index in [9.17, 15) is 8.42 Å². The van der Waals surface area contributed by atoms with Crippen molar-refractivity contribution in [2.75, 3.05) is 4.72 Å². The molecule has 1 aromatic carbocycles. The molecule has 0 spiro atoms. The van der Waals surface area contributed by atoms with Crippen molar-refractivity contribution in [3.05, 3.63) is 48.2 Å². The average Bonchev–Trinajstić information content (AvgIpc) is 2.76. The van der Waals surface area contributed by atoms with Crippen molar-refractivity contribution in [3.8, 4) is 0 Å². The van der Waals surface area contributed by atoms with Crippen LogP contribution in [0.2, 0.25) is 0 Å². The van der Waals surface area contributed by atoms with Crippen LogP contribution < -0.4 is 10.2 Å². The Hall–Kier alpha value is -1.90. The second-order valence-electron chi connectivity index (χ2n) is 7.45. The minimum atomic E-state index is -3.76. The molecular formula is C18H23BN2O4S. The average molecular weight is 374 g/mol. The van der Waals surface area contributed by atoms with Gasteiger partial charge in [0.25, 0.3) is 10.0 Å². The molecule has 1 saturated heterocycles. The number of aromatic nitrogens is 1. The summed E-state index contributed by atoms with van der Waals surface area (Å²) in [5.41, 5.74) is 0.475. The van der Waals surface area contributed by atoms with E-state index in [2.05, 4.69) is 9.71 Å². The molecule has 0 bridgehead atoms. The summed E-state index contributed by atoms with van der Waals surface area (Å²) in [5.74, 6) is 0.201. The third kappa shape index (κ3) is 3.49. The van der Waals surface area contributed by atoms with Crippen LogP contribution >= 0.6 is 0 Å². The van der Waals surface area contributed by atoms with Gasteiger partial charge in [-0.25, -0.2) is 13.4 Å². The number of nitrogens with zero attached hydrogens (tertiary/aromatic N) is 1. The summed E-state index contributed by atoms with van der Waals surface area (Å²) < 4.78 is 40.0. The maximum atomic E-state index is 12.7. The molecule has 2 aromatic rings. The molecule has 0 radical (unpaired) electrons. The zero-order valence-electron chi connectivity index (χ0n) is 15.6. The SMILES string of the molecule is Cc1ccc(S(=O)(=O)Nc2ncccc2B2OC(C)(C)C(C)(C)O2)cc1. The zero-order valence-corrected chi connectivity index (χ0v) is 16.4. The van der Waals surface area contributed by atoms with Gasteiger partial charge in [-0.15, -0.1) is 0 Å². The second kappa shape index (κ2) is 6.37. The number of hydrogen-bond donors (Lipinski definition) is 1. The summed E-state index contributed by atoms with van der Waals surface area (Å²) in [6.45, 7) is 9.68. The summed E-state index contributed by atoms with van der Waals surface area (Å²) in [6.07, 6.45) is 1.53. The first-order valence-electron chi connectivity index (χ1n) is 8.42. The number of aryl methyl sites for hydroxylation is 1. The number of sulfonamides is 1. The number of rotatable bonds is 4. The van der Waals surface area contributed by atoms with Crippen LogP contribution in [0.15, 0.2) is 47.5 Å². The smallest absolute Gasteiger partial charge is 0.399 e. The van der Waals surface area contributed by atoms with E-state index in [0.717, 1.165) is 5.56 Å². The summed E-state index contributed by atoms with van der Waals surface area (Å²) in [7, 11) is -4.47. The van der Waals surface area contributed by atoms with Crippen molar-refractivity contribution >= 4 is 28.4 Å². The van der Waals surface area contributed by atoms with E-state index in [1.54, 1.807) is 36.4 Å². The zero-order chi connectivity index (χ0) is 19.2. The van der Waals surface area contributed by atoms with E-state index < -0.39 is 28.3 Å². The lowest BCUT2D eigenvalue weighted by molar-refractivity contribution is 0.00578. The summed E-state index contributed by atoms with van der Waals surface area (Å²) >= 11 is 0. The van der Waals surface area contributed by atoms with E-state index in [1.165, 1.54) is 6.20 Å². The van der Waals surface area contributed by atoms with Gasteiger partial charge in [0.15, 0.2) is 0 Å². The normalized spacial score (nSPS) is 18.7. The molecule has 1 N–H and O–H groups in total. The molecule has 6 nitrogen and oxygen atoms in total. The maximum absolute atomic E-state index is 12.7. The predicted octanol–water partition coefficient (Wildman–Crippen LogP) is 2.49. The molecule has 138 valence electrons. The van der Waals surface area contributed by atoms with Crippen molar-refractivity contribution < 1.29 is 17.7 Å². The molecule has 2 heterocycles. The van der Waals surface area contributed by atoms with Gasteiger partial charge in [-0.05, 0) is 52.8 Å². The van der Waals surface area contributed by atoms with E-state index in [-0.39, 0.29) is 10.7 Å². The molecule has 0 amide bonds. The van der Waals surface area contributed by atoms with Crippen molar-refractivity contribution in [2.45, 2.75) is 50.7 Å². The van der Waals surface area contributed by atoms with Crippen LogP contribution in [0, 0.1) is 6.92 Å². The molecule has 1 aliphatic heterocycles. The number of anilines is 1. The van der Waals surface area contributed by atoms with E-state index >= 15 is 0 Å². The Morgan fingerprint density at radius 2 is 1.58 bits per heavy atom. The van der Waals surface area contributed by atoms with Crippen molar-refractivity contribution in [2.24, 2.45) is 0 Å². The minimum Gasteiger partial charge on any atom is -0.399 e. The lowest BCUT2D eigenvalue weighted by atomic mass is 9.79. The van der Waals surface area contributed by atoms with E-state index in [1.807, 2.05) is 34.6 Å². The van der Waals surface area contributed by atoms with Crippen molar-refractivity contribution in [1.29, 1.82) is 0 Å². The van der Waals surface area contributed by atoms with Crippen LogP contribution in [0.3, 0.4) is 0 Å². The van der Waals surface area contributed by atoms with Gasteiger partial charge in [-0.3, -0.25) is 4.72 Å². The Kier molecular flexibility index (Phi) is 4.63. The molecule has 0 aliphatic carbocycles. The Labute approximate surface area is 155 Å². The monoisotopic (exact) mass is 374 g/mol. The van der Waals surface area contributed by atoms with E-state index in [4.69, 9.17) is 9.31 Å². The van der Waals surface area contributed by atoms with E-state index in [0.29, 0.717) is 5.46 Å². The summed E-state index contributed by atoms with van der Waals surface area (Å²) in [6, 6.07) is 10.1. The van der Waals surface area contributed by atoms with Crippen molar-refractivity contribution in [3.63, 3.8) is 0 Å². The first kappa shape index (κ1) is 18.9. The van der Waals surface area contributed by atoms with Crippen LogP contribution in [0.4, 0.5) is 5.82 Å². The molecule has 1 aromatic heterocycles. The van der Waals surface area contributed by atoms with Crippen LogP contribution in [0.1, 0.15) is 33.3 Å². The van der Waals surface area contributed by atoms with Crippen LogP contribution in [-0.4, -0.2) is 31.7 Å². The lowest BCUT2D eigenvalue weighted by Gasteiger charge is -2.32. The quantitative estimate of drug-likeness (QED) is 0.832. The highest BCUT2D eigenvalue weighted by atomic mass is 32.2. The third-order valence-electron chi connectivity index (χ3n) is 4.91. The van der Waals surface area contributed by atoms with Gasteiger partial charge in [0.1, 0.15) is 5.82 Å². The van der Waals surface area contributed by atoms with Crippen LogP contribution in [0.25, 0.3) is 0 Å². The molecule has 8 heteroatoms. The molecule has 1 fully saturated rings. The molecule has 1 aliphatic rings. The molecule has 26 heavy (non-hydrogen) atoms. The van der Waals surface area contributed by atoms with Gasteiger partial charge >= 0.3 is 7.12 Å².